The van der Waals surface area contributed by atoms with Crippen LogP contribution >= 0.6 is 0 Å². The molecule has 2 rings (SSSR count). The third-order valence-electron chi connectivity index (χ3n) is 3.53. The van der Waals surface area contributed by atoms with Crippen LogP contribution in [0.4, 0.5) is 5.69 Å². The van der Waals surface area contributed by atoms with Gasteiger partial charge in [-0.05, 0) is 38.7 Å². The van der Waals surface area contributed by atoms with Crippen LogP contribution in [0.2, 0.25) is 0 Å². The van der Waals surface area contributed by atoms with E-state index in [9.17, 15) is 4.79 Å². The Bertz CT molecular complexity index is 611. The Morgan fingerprint density at radius 2 is 1.91 bits per heavy atom. The maximum Gasteiger partial charge on any atom is 0.270 e. The zero-order valence-electron chi connectivity index (χ0n) is 13.9. The summed E-state index contributed by atoms with van der Waals surface area (Å²) >= 11 is 0. The second-order valence-electron chi connectivity index (χ2n) is 5.77. The number of aromatic nitrogens is 1. The Morgan fingerprint density at radius 3 is 2.52 bits per heavy atom. The van der Waals surface area contributed by atoms with Gasteiger partial charge in [-0.1, -0.05) is 30.3 Å². The van der Waals surface area contributed by atoms with Crippen molar-refractivity contribution < 1.29 is 4.79 Å². The number of hydrogen-bond donors (Lipinski definition) is 2. The molecule has 2 N–H and O–H groups in total. The summed E-state index contributed by atoms with van der Waals surface area (Å²) in [6.07, 6.45) is 1.69. The molecule has 1 aromatic carbocycles. The first kappa shape index (κ1) is 17.0. The molecular formula is C18H24N4O. The molecule has 1 atom stereocenters. The van der Waals surface area contributed by atoms with Crippen LogP contribution in [0.15, 0.2) is 48.7 Å². The van der Waals surface area contributed by atoms with Gasteiger partial charge in [-0.2, -0.15) is 0 Å². The lowest BCUT2D eigenvalue weighted by Gasteiger charge is -2.14. The Kier molecular flexibility index (Phi) is 6.11. The SMILES string of the molecule is CC(NC(=O)c1ccc(NCCN(C)C)cn1)c1ccccc1. The molecule has 0 aliphatic heterocycles. The second-order valence-corrected chi connectivity index (χ2v) is 5.77. The van der Waals surface area contributed by atoms with Gasteiger partial charge < -0.3 is 15.5 Å². The van der Waals surface area contributed by atoms with Crippen molar-refractivity contribution in [2.75, 3.05) is 32.5 Å². The van der Waals surface area contributed by atoms with Crippen LogP contribution in [0.1, 0.15) is 29.0 Å². The molecule has 0 saturated carbocycles. The molecule has 1 heterocycles. The number of carbonyl (C=O) groups excluding carboxylic acids is 1. The molecule has 0 spiro atoms. The van der Waals surface area contributed by atoms with Gasteiger partial charge >= 0.3 is 0 Å². The van der Waals surface area contributed by atoms with Crippen LogP contribution in [0.25, 0.3) is 0 Å². The van der Waals surface area contributed by atoms with E-state index in [1.54, 1.807) is 12.3 Å². The lowest BCUT2D eigenvalue weighted by Crippen LogP contribution is -2.27. The molecule has 0 aliphatic rings. The Balaban J connectivity index is 1.90. The van der Waals surface area contributed by atoms with Gasteiger partial charge in [-0.15, -0.1) is 0 Å². The molecule has 0 aliphatic carbocycles. The Hall–Kier alpha value is -2.40. The highest BCUT2D eigenvalue weighted by Gasteiger charge is 2.12. The molecule has 2 aromatic rings. The number of likely N-dealkylation sites (N-methyl/N-ethyl adjacent to an activating group) is 1. The third-order valence-corrected chi connectivity index (χ3v) is 3.53. The second kappa shape index (κ2) is 8.29. The number of nitrogens with one attached hydrogen (secondary N) is 2. The smallest absolute Gasteiger partial charge is 0.270 e. The number of anilines is 1. The zero-order valence-corrected chi connectivity index (χ0v) is 13.9. The number of rotatable bonds is 7. The van der Waals surface area contributed by atoms with Crippen molar-refractivity contribution in [3.63, 3.8) is 0 Å². The van der Waals surface area contributed by atoms with Crippen molar-refractivity contribution in [2.45, 2.75) is 13.0 Å². The van der Waals surface area contributed by atoms with Crippen LogP contribution in [0, 0.1) is 0 Å². The number of amides is 1. The predicted molar refractivity (Wildman–Crippen MR) is 93.6 cm³/mol. The highest BCUT2D eigenvalue weighted by molar-refractivity contribution is 5.92. The van der Waals surface area contributed by atoms with E-state index in [1.807, 2.05) is 57.4 Å². The van der Waals surface area contributed by atoms with E-state index >= 15 is 0 Å². The average molecular weight is 312 g/mol. The summed E-state index contributed by atoms with van der Waals surface area (Å²) in [6, 6.07) is 13.4. The maximum atomic E-state index is 12.2. The largest absolute Gasteiger partial charge is 0.383 e. The van der Waals surface area contributed by atoms with E-state index in [2.05, 4.69) is 20.5 Å². The van der Waals surface area contributed by atoms with Gasteiger partial charge in [0.05, 0.1) is 17.9 Å². The molecule has 23 heavy (non-hydrogen) atoms. The molecule has 1 aromatic heterocycles. The molecule has 0 radical (unpaired) electrons. The molecular weight excluding hydrogens is 288 g/mol. The first-order valence-electron chi connectivity index (χ1n) is 7.76. The highest BCUT2D eigenvalue weighted by atomic mass is 16.1. The molecule has 0 fully saturated rings. The van der Waals surface area contributed by atoms with Crippen molar-refractivity contribution in [1.29, 1.82) is 0 Å². The molecule has 5 heteroatoms. The molecule has 5 nitrogen and oxygen atoms in total. The first-order valence-corrected chi connectivity index (χ1v) is 7.76. The molecule has 1 amide bonds. The Morgan fingerprint density at radius 1 is 1.17 bits per heavy atom. The summed E-state index contributed by atoms with van der Waals surface area (Å²) in [4.78, 5) is 18.6. The summed E-state index contributed by atoms with van der Waals surface area (Å²) < 4.78 is 0. The third kappa shape index (κ3) is 5.38. The quantitative estimate of drug-likeness (QED) is 0.825. The minimum absolute atomic E-state index is 0.0524. The van der Waals surface area contributed by atoms with Gasteiger partial charge in [0.2, 0.25) is 0 Å². The topological polar surface area (TPSA) is 57.3 Å². The van der Waals surface area contributed by atoms with Crippen LogP contribution in [-0.2, 0) is 0 Å². The minimum atomic E-state index is -0.166. The Labute approximate surface area is 137 Å². The summed E-state index contributed by atoms with van der Waals surface area (Å²) in [5.41, 5.74) is 2.41. The fourth-order valence-electron chi connectivity index (χ4n) is 2.15. The van der Waals surface area contributed by atoms with Gasteiger partial charge in [0.1, 0.15) is 5.69 Å². The maximum absolute atomic E-state index is 12.2. The van der Waals surface area contributed by atoms with E-state index < -0.39 is 0 Å². The van der Waals surface area contributed by atoms with E-state index in [1.165, 1.54) is 0 Å². The fraction of sp³-hybridized carbons (Fsp3) is 0.333. The average Bonchev–Trinajstić information content (AvgIpc) is 2.56. The van der Waals surface area contributed by atoms with E-state index in [0.717, 1.165) is 24.3 Å². The summed E-state index contributed by atoms with van der Waals surface area (Å²) in [6.45, 7) is 3.74. The van der Waals surface area contributed by atoms with Crippen molar-refractivity contribution >= 4 is 11.6 Å². The minimum Gasteiger partial charge on any atom is -0.383 e. The first-order chi connectivity index (χ1) is 11.1. The van der Waals surface area contributed by atoms with E-state index in [0.29, 0.717) is 5.69 Å². The van der Waals surface area contributed by atoms with Gasteiger partial charge in [0.15, 0.2) is 0 Å². The molecule has 122 valence electrons. The van der Waals surface area contributed by atoms with Crippen molar-refractivity contribution in [3.8, 4) is 0 Å². The van der Waals surface area contributed by atoms with Crippen LogP contribution < -0.4 is 10.6 Å². The van der Waals surface area contributed by atoms with Gasteiger partial charge in [-0.25, -0.2) is 4.98 Å². The number of pyridine rings is 1. The molecule has 1 unspecified atom stereocenters. The van der Waals surface area contributed by atoms with E-state index in [4.69, 9.17) is 0 Å². The molecule has 0 saturated heterocycles. The molecule has 0 bridgehead atoms. The van der Waals surface area contributed by atoms with Crippen molar-refractivity contribution in [2.24, 2.45) is 0 Å². The number of benzene rings is 1. The summed E-state index contributed by atoms with van der Waals surface area (Å²) in [7, 11) is 4.06. The zero-order chi connectivity index (χ0) is 16.7. The number of carbonyl (C=O) groups is 1. The monoisotopic (exact) mass is 312 g/mol. The van der Waals surface area contributed by atoms with E-state index in [-0.39, 0.29) is 11.9 Å². The normalized spacial score (nSPS) is 12.0. The van der Waals surface area contributed by atoms with Crippen LogP contribution in [-0.4, -0.2) is 43.0 Å². The lowest BCUT2D eigenvalue weighted by atomic mass is 10.1. The van der Waals surface area contributed by atoms with Crippen LogP contribution in [0.3, 0.4) is 0 Å². The van der Waals surface area contributed by atoms with Gasteiger partial charge in [0, 0.05) is 13.1 Å². The van der Waals surface area contributed by atoms with Gasteiger partial charge in [-0.3, -0.25) is 4.79 Å². The fourth-order valence-corrected chi connectivity index (χ4v) is 2.15. The number of hydrogen-bond acceptors (Lipinski definition) is 4. The van der Waals surface area contributed by atoms with Crippen molar-refractivity contribution in [3.05, 3.63) is 59.9 Å². The predicted octanol–water partition coefficient (Wildman–Crippen LogP) is 2.55. The summed E-state index contributed by atoms with van der Waals surface area (Å²) in [5.74, 6) is -0.166. The lowest BCUT2D eigenvalue weighted by molar-refractivity contribution is 0.0935. The van der Waals surface area contributed by atoms with Crippen LogP contribution in [0.5, 0.6) is 0 Å². The van der Waals surface area contributed by atoms with Gasteiger partial charge in [0.25, 0.3) is 5.91 Å². The van der Waals surface area contributed by atoms with Crippen molar-refractivity contribution in [1.82, 2.24) is 15.2 Å². The standard InChI is InChI=1S/C18H24N4O/c1-14(15-7-5-4-6-8-15)21-18(23)17-10-9-16(13-20-17)19-11-12-22(2)3/h4-10,13-14,19H,11-12H2,1-3H3,(H,21,23). The number of nitrogens with zero attached hydrogens (tertiary/aromatic N) is 2. The summed E-state index contributed by atoms with van der Waals surface area (Å²) in [5, 5.41) is 6.23. The highest BCUT2D eigenvalue weighted by Crippen LogP contribution is 2.12.